The number of methoxy groups -OCH3 is 1. The highest BCUT2D eigenvalue weighted by Gasteiger charge is 2.12. The Labute approximate surface area is 118 Å². The zero-order chi connectivity index (χ0) is 14.5. The highest BCUT2D eigenvalue weighted by molar-refractivity contribution is 5.71. The molecule has 1 unspecified atom stereocenters. The normalized spacial score (nSPS) is 11.9. The standard InChI is InChI=1S/C16H17NO3/c1-11(7-16(18)19)12-8-13(10-17-9-12)14-5-3-4-6-15(14)20-2/h3-6,8-11H,7H2,1-2H3,(H,18,19). The van der Waals surface area contributed by atoms with Gasteiger partial charge in [-0.1, -0.05) is 25.1 Å². The molecule has 1 N–H and O–H groups in total. The molecule has 0 aliphatic carbocycles. The maximum Gasteiger partial charge on any atom is 0.303 e. The Morgan fingerprint density at radius 3 is 2.80 bits per heavy atom. The second kappa shape index (κ2) is 6.19. The Kier molecular flexibility index (Phi) is 4.35. The summed E-state index contributed by atoms with van der Waals surface area (Å²) in [5.74, 6) is -0.104. The van der Waals surface area contributed by atoms with Crippen molar-refractivity contribution in [3.05, 3.63) is 48.3 Å². The molecule has 4 heteroatoms. The van der Waals surface area contributed by atoms with Crippen molar-refractivity contribution in [2.75, 3.05) is 7.11 Å². The molecule has 1 aromatic carbocycles. The summed E-state index contributed by atoms with van der Waals surface area (Å²) in [7, 11) is 1.63. The second-order valence-electron chi connectivity index (χ2n) is 4.71. The first-order valence-corrected chi connectivity index (χ1v) is 6.42. The summed E-state index contributed by atoms with van der Waals surface area (Å²) in [6, 6.07) is 9.67. The first-order valence-electron chi connectivity index (χ1n) is 6.42. The van der Waals surface area contributed by atoms with E-state index < -0.39 is 5.97 Å². The smallest absolute Gasteiger partial charge is 0.303 e. The van der Waals surface area contributed by atoms with Gasteiger partial charge in [-0.25, -0.2) is 0 Å². The number of nitrogens with zero attached hydrogens (tertiary/aromatic N) is 1. The van der Waals surface area contributed by atoms with Gasteiger partial charge in [0.25, 0.3) is 0 Å². The fourth-order valence-corrected chi connectivity index (χ4v) is 2.14. The number of carboxylic acids is 1. The van der Waals surface area contributed by atoms with Gasteiger partial charge in [0.2, 0.25) is 0 Å². The fraction of sp³-hybridized carbons (Fsp3) is 0.250. The highest BCUT2D eigenvalue weighted by Crippen LogP contribution is 2.31. The average molecular weight is 271 g/mol. The molecule has 0 spiro atoms. The Balaban J connectivity index is 2.36. The molecule has 0 fully saturated rings. The molecule has 0 saturated heterocycles. The van der Waals surface area contributed by atoms with Crippen molar-refractivity contribution in [1.82, 2.24) is 4.98 Å². The minimum absolute atomic E-state index is 0.0744. The van der Waals surface area contributed by atoms with Crippen LogP contribution < -0.4 is 4.74 Å². The number of pyridine rings is 1. The van der Waals surface area contributed by atoms with Gasteiger partial charge in [-0.05, 0) is 23.6 Å². The molecular formula is C16H17NO3. The van der Waals surface area contributed by atoms with Gasteiger partial charge < -0.3 is 9.84 Å². The molecule has 0 aliphatic heterocycles. The molecule has 0 saturated carbocycles. The van der Waals surface area contributed by atoms with Crippen molar-refractivity contribution in [1.29, 1.82) is 0 Å². The number of ether oxygens (including phenoxy) is 1. The number of carbonyl (C=O) groups is 1. The summed E-state index contributed by atoms with van der Waals surface area (Å²) < 4.78 is 5.34. The summed E-state index contributed by atoms with van der Waals surface area (Å²) in [6.45, 7) is 1.89. The van der Waals surface area contributed by atoms with E-state index in [9.17, 15) is 4.79 Å². The largest absolute Gasteiger partial charge is 0.496 e. The van der Waals surface area contributed by atoms with E-state index in [1.807, 2.05) is 37.3 Å². The average Bonchev–Trinajstić information content (AvgIpc) is 2.46. The van der Waals surface area contributed by atoms with Crippen LogP contribution in [0, 0.1) is 0 Å². The number of rotatable bonds is 5. The molecule has 0 amide bonds. The van der Waals surface area contributed by atoms with Crippen molar-refractivity contribution in [3.63, 3.8) is 0 Å². The third-order valence-corrected chi connectivity index (χ3v) is 3.23. The molecular weight excluding hydrogens is 254 g/mol. The number of hydrogen-bond acceptors (Lipinski definition) is 3. The van der Waals surface area contributed by atoms with Crippen LogP contribution in [0.2, 0.25) is 0 Å². The molecule has 4 nitrogen and oxygen atoms in total. The van der Waals surface area contributed by atoms with Gasteiger partial charge in [-0.2, -0.15) is 0 Å². The predicted molar refractivity (Wildman–Crippen MR) is 76.9 cm³/mol. The maximum atomic E-state index is 10.8. The van der Waals surface area contributed by atoms with Crippen LogP contribution in [0.1, 0.15) is 24.8 Å². The Morgan fingerprint density at radius 1 is 1.35 bits per heavy atom. The number of benzene rings is 1. The van der Waals surface area contributed by atoms with E-state index in [0.29, 0.717) is 0 Å². The van der Waals surface area contributed by atoms with Crippen LogP contribution in [0.15, 0.2) is 42.7 Å². The lowest BCUT2D eigenvalue weighted by molar-refractivity contribution is -0.137. The molecule has 1 heterocycles. The van der Waals surface area contributed by atoms with E-state index in [0.717, 1.165) is 22.4 Å². The lowest BCUT2D eigenvalue weighted by atomic mass is 9.96. The molecule has 2 aromatic rings. The minimum atomic E-state index is -0.805. The monoisotopic (exact) mass is 271 g/mol. The minimum Gasteiger partial charge on any atom is -0.496 e. The molecule has 20 heavy (non-hydrogen) atoms. The molecule has 0 aliphatic rings. The Hall–Kier alpha value is -2.36. The maximum absolute atomic E-state index is 10.8. The predicted octanol–water partition coefficient (Wildman–Crippen LogP) is 3.34. The number of aromatic nitrogens is 1. The zero-order valence-corrected chi connectivity index (χ0v) is 11.5. The lowest BCUT2D eigenvalue weighted by Gasteiger charge is -2.12. The van der Waals surface area contributed by atoms with E-state index in [1.165, 1.54) is 0 Å². The van der Waals surface area contributed by atoms with Crippen LogP contribution in [0.25, 0.3) is 11.1 Å². The van der Waals surface area contributed by atoms with Crippen molar-refractivity contribution in [2.45, 2.75) is 19.3 Å². The highest BCUT2D eigenvalue weighted by atomic mass is 16.5. The first-order chi connectivity index (χ1) is 9.61. The summed E-state index contributed by atoms with van der Waals surface area (Å²) in [5, 5.41) is 8.87. The SMILES string of the molecule is COc1ccccc1-c1cncc(C(C)CC(=O)O)c1. The van der Waals surface area contributed by atoms with Crippen molar-refractivity contribution in [3.8, 4) is 16.9 Å². The van der Waals surface area contributed by atoms with Crippen LogP contribution in [0.3, 0.4) is 0 Å². The molecule has 2 rings (SSSR count). The van der Waals surface area contributed by atoms with E-state index >= 15 is 0 Å². The van der Waals surface area contributed by atoms with Crippen LogP contribution in [0.4, 0.5) is 0 Å². The Bertz CT molecular complexity index is 610. The van der Waals surface area contributed by atoms with Crippen LogP contribution >= 0.6 is 0 Å². The summed E-state index contributed by atoms with van der Waals surface area (Å²) in [5.41, 5.74) is 2.79. The molecule has 0 bridgehead atoms. The summed E-state index contributed by atoms with van der Waals surface area (Å²) in [6.07, 6.45) is 3.57. The van der Waals surface area contributed by atoms with Crippen molar-refractivity contribution < 1.29 is 14.6 Å². The van der Waals surface area contributed by atoms with Gasteiger partial charge in [0.05, 0.1) is 13.5 Å². The fourth-order valence-electron chi connectivity index (χ4n) is 2.14. The number of hydrogen-bond donors (Lipinski definition) is 1. The first kappa shape index (κ1) is 14.1. The van der Waals surface area contributed by atoms with Gasteiger partial charge in [0, 0.05) is 23.5 Å². The summed E-state index contributed by atoms with van der Waals surface area (Å²) >= 11 is 0. The van der Waals surface area contributed by atoms with Crippen molar-refractivity contribution >= 4 is 5.97 Å². The lowest BCUT2D eigenvalue weighted by Crippen LogP contribution is -2.03. The van der Waals surface area contributed by atoms with Crippen LogP contribution in [-0.2, 0) is 4.79 Å². The second-order valence-corrected chi connectivity index (χ2v) is 4.71. The van der Waals surface area contributed by atoms with Gasteiger partial charge in [-0.3, -0.25) is 9.78 Å². The third-order valence-electron chi connectivity index (χ3n) is 3.23. The van der Waals surface area contributed by atoms with E-state index in [2.05, 4.69) is 4.98 Å². The van der Waals surface area contributed by atoms with Gasteiger partial charge in [0.15, 0.2) is 0 Å². The number of carboxylic acid groups (broad SMARTS) is 1. The topological polar surface area (TPSA) is 59.4 Å². The van der Waals surface area contributed by atoms with Gasteiger partial charge in [-0.15, -0.1) is 0 Å². The summed E-state index contributed by atoms with van der Waals surface area (Å²) in [4.78, 5) is 15.0. The van der Waals surface area contributed by atoms with E-state index in [-0.39, 0.29) is 12.3 Å². The zero-order valence-electron chi connectivity index (χ0n) is 11.5. The Morgan fingerprint density at radius 2 is 2.10 bits per heavy atom. The molecule has 1 aromatic heterocycles. The van der Waals surface area contributed by atoms with Crippen molar-refractivity contribution in [2.24, 2.45) is 0 Å². The van der Waals surface area contributed by atoms with Gasteiger partial charge in [0.1, 0.15) is 5.75 Å². The van der Waals surface area contributed by atoms with E-state index in [4.69, 9.17) is 9.84 Å². The number of aliphatic carboxylic acids is 1. The molecule has 1 atom stereocenters. The molecule has 104 valence electrons. The van der Waals surface area contributed by atoms with Gasteiger partial charge >= 0.3 is 5.97 Å². The van der Waals surface area contributed by atoms with E-state index in [1.54, 1.807) is 19.5 Å². The van der Waals surface area contributed by atoms with Crippen LogP contribution in [-0.4, -0.2) is 23.2 Å². The third kappa shape index (κ3) is 3.15. The van der Waals surface area contributed by atoms with Crippen LogP contribution in [0.5, 0.6) is 5.75 Å². The molecule has 0 radical (unpaired) electrons. The number of para-hydroxylation sites is 1. The quantitative estimate of drug-likeness (QED) is 0.906.